The predicted molar refractivity (Wildman–Crippen MR) is 263 cm³/mol. The van der Waals surface area contributed by atoms with Gasteiger partial charge in [-0.05, 0) is 113 Å². The number of nitrogens with one attached hydrogen (secondary N) is 3. The summed E-state index contributed by atoms with van der Waals surface area (Å²) in [5.74, 6) is -0.00556. The van der Waals surface area contributed by atoms with Crippen LogP contribution >= 0.6 is 0 Å². The van der Waals surface area contributed by atoms with E-state index in [4.69, 9.17) is 19.2 Å². The molecule has 10 rings (SSSR count). The van der Waals surface area contributed by atoms with Crippen LogP contribution in [0, 0.1) is 22.7 Å². The molecule has 69 heavy (non-hydrogen) atoms. The van der Waals surface area contributed by atoms with E-state index in [1.165, 1.54) is 17.9 Å². The molecule has 1 spiro atoms. The number of morpholine rings is 1. The number of ether oxygens (including phenoxy) is 3. The van der Waals surface area contributed by atoms with E-state index in [0.29, 0.717) is 57.5 Å². The van der Waals surface area contributed by atoms with E-state index in [-0.39, 0.29) is 60.3 Å². The minimum atomic E-state index is -0.913. The van der Waals surface area contributed by atoms with Crippen LogP contribution in [0.4, 0.5) is 5.69 Å². The maximum Gasteiger partial charge on any atom is 0.324 e. The molecule has 3 amide bonds. The lowest BCUT2D eigenvalue weighted by molar-refractivity contribution is -0.156. The molecule has 2 unspecified atom stereocenters. The second kappa shape index (κ2) is 19.2. The van der Waals surface area contributed by atoms with Gasteiger partial charge in [0.25, 0.3) is 5.91 Å². The summed E-state index contributed by atoms with van der Waals surface area (Å²) >= 11 is 0. The number of amides is 3. The minimum Gasteiger partial charge on any atom is -0.464 e. The molecule has 16 heteroatoms. The quantitative estimate of drug-likeness (QED) is 0.187. The summed E-state index contributed by atoms with van der Waals surface area (Å²) in [5, 5.41) is 9.38. The summed E-state index contributed by atoms with van der Waals surface area (Å²) in [7, 11) is 1.71. The number of aryl methyl sites for hydroxylation is 1. The van der Waals surface area contributed by atoms with E-state index in [1.807, 2.05) is 19.2 Å². The molecule has 5 saturated heterocycles. The standard InChI is InChI=1S/C53H75N9O7/c1-8-61-42-16-15-35-25-38(42)39(47(61)37-11-9-19-54-43(37)33(4)67-7)27-52(5,6)31-69-51(66)40-12-10-20-62(57-40)49(64)41(26-36-28-58(35)23-24-68-36)55-48(63)46(32(2)3)59-21-17-53(29-59)18-22-60(30-53)50(65)45-44(56-45)34-13-14-34/h9,11,15-16,19,25,32-34,36,40-41,44-46,56-57H,8,10,12-14,17-18,20-24,26-31H2,1-7H3,(H,55,63)/t33-,36-,40-,41-,44?,45+,46?,53-/m0/s1. The first kappa shape index (κ1) is 48.0. The fourth-order valence-electron chi connectivity index (χ4n) is 12.5. The van der Waals surface area contributed by atoms with Crippen molar-refractivity contribution in [2.45, 2.75) is 142 Å². The van der Waals surface area contributed by atoms with Crippen molar-refractivity contribution in [2.24, 2.45) is 22.7 Å². The third-order valence-electron chi connectivity index (χ3n) is 16.4. The monoisotopic (exact) mass is 950 g/mol. The molecule has 0 radical (unpaired) electrons. The van der Waals surface area contributed by atoms with Gasteiger partial charge in [-0.15, -0.1) is 0 Å². The van der Waals surface area contributed by atoms with Crippen LogP contribution in [-0.4, -0.2) is 151 Å². The van der Waals surface area contributed by atoms with Crippen molar-refractivity contribution in [2.75, 3.05) is 71.0 Å². The number of methoxy groups -OCH3 is 1. The zero-order chi connectivity index (χ0) is 48.4. The first-order chi connectivity index (χ1) is 33.2. The van der Waals surface area contributed by atoms with Gasteiger partial charge in [-0.2, -0.15) is 0 Å². The number of fused-ring (bicyclic) bond motifs is 6. The number of likely N-dealkylation sites (tertiary alicyclic amines) is 2. The first-order valence-electron chi connectivity index (χ1n) is 26.0. The highest BCUT2D eigenvalue weighted by molar-refractivity contribution is 5.95. The lowest BCUT2D eigenvalue weighted by atomic mass is 9.84. The second-order valence-electron chi connectivity index (χ2n) is 22.5. The Kier molecular flexibility index (Phi) is 13.4. The zero-order valence-electron chi connectivity index (χ0n) is 41.9. The Bertz CT molecular complexity index is 2440. The molecular formula is C53H75N9O7. The molecule has 8 atom stereocenters. The van der Waals surface area contributed by atoms with Crippen LogP contribution in [0.25, 0.3) is 22.2 Å². The Labute approximate surface area is 407 Å². The van der Waals surface area contributed by atoms with Gasteiger partial charge in [0, 0.05) is 105 Å². The lowest BCUT2D eigenvalue weighted by Gasteiger charge is -2.39. The summed E-state index contributed by atoms with van der Waals surface area (Å²) < 4.78 is 20.9. The molecule has 1 aromatic carbocycles. The highest BCUT2D eigenvalue weighted by Gasteiger charge is 2.55. The summed E-state index contributed by atoms with van der Waals surface area (Å²) in [4.78, 5) is 68.8. The Balaban J connectivity index is 0.937. The van der Waals surface area contributed by atoms with Gasteiger partial charge >= 0.3 is 5.97 Å². The molecule has 6 bridgehead atoms. The van der Waals surface area contributed by atoms with Crippen molar-refractivity contribution in [3.8, 4) is 11.3 Å². The van der Waals surface area contributed by atoms with E-state index in [0.717, 1.165) is 84.7 Å². The second-order valence-corrected chi connectivity index (χ2v) is 22.5. The number of aromatic nitrogens is 2. The first-order valence-corrected chi connectivity index (χ1v) is 26.0. The molecule has 3 aromatic rings. The number of hydrogen-bond donors (Lipinski definition) is 3. The van der Waals surface area contributed by atoms with Gasteiger partial charge in [-0.25, -0.2) is 5.43 Å². The molecule has 16 nitrogen and oxygen atoms in total. The number of anilines is 1. The third kappa shape index (κ3) is 9.64. The topological polar surface area (TPSA) is 173 Å². The fraction of sp³-hybridized carbons (Fsp3) is 0.679. The molecule has 3 N–H and O–H groups in total. The number of carbonyl (C=O) groups excluding carboxylic acids is 4. The number of nitrogens with zero attached hydrogens (tertiary/aromatic N) is 6. The smallest absolute Gasteiger partial charge is 0.324 e. The Morgan fingerprint density at radius 3 is 2.61 bits per heavy atom. The lowest BCUT2D eigenvalue weighted by Crippen LogP contribution is -2.62. The largest absolute Gasteiger partial charge is 0.464 e. The van der Waals surface area contributed by atoms with Crippen LogP contribution in [0.3, 0.4) is 0 Å². The number of esters is 1. The summed E-state index contributed by atoms with van der Waals surface area (Å²) in [6.45, 7) is 18.5. The molecular weight excluding hydrogens is 875 g/mol. The predicted octanol–water partition coefficient (Wildman–Crippen LogP) is 4.83. The zero-order valence-corrected chi connectivity index (χ0v) is 41.9. The molecule has 7 aliphatic rings. The number of carbonyl (C=O) groups is 4. The van der Waals surface area contributed by atoms with Gasteiger partial charge in [0.1, 0.15) is 18.1 Å². The number of cyclic esters (lactones) is 1. The number of rotatable bonds is 10. The maximum atomic E-state index is 14.9. The summed E-state index contributed by atoms with van der Waals surface area (Å²) in [5.41, 5.74) is 9.01. The van der Waals surface area contributed by atoms with E-state index < -0.39 is 29.5 Å². The van der Waals surface area contributed by atoms with Gasteiger partial charge in [0.2, 0.25) is 11.8 Å². The van der Waals surface area contributed by atoms with Gasteiger partial charge in [0.15, 0.2) is 0 Å². The number of hydrogen-bond acceptors (Lipinski definition) is 12. The maximum absolute atomic E-state index is 14.9. The van der Waals surface area contributed by atoms with Crippen LogP contribution < -0.4 is 21.0 Å². The van der Waals surface area contributed by atoms with Crippen LogP contribution in [0.15, 0.2) is 36.5 Å². The van der Waals surface area contributed by atoms with Gasteiger partial charge in [0.05, 0.1) is 42.9 Å². The van der Waals surface area contributed by atoms with Crippen molar-refractivity contribution in [1.82, 2.24) is 40.4 Å². The number of benzene rings is 1. The van der Waals surface area contributed by atoms with Crippen LogP contribution in [0.5, 0.6) is 0 Å². The van der Waals surface area contributed by atoms with Gasteiger partial charge in [-0.1, -0.05) is 27.7 Å². The van der Waals surface area contributed by atoms with E-state index in [9.17, 15) is 19.2 Å². The van der Waals surface area contributed by atoms with Crippen molar-refractivity contribution in [3.63, 3.8) is 0 Å². The van der Waals surface area contributed by atoms with Crippen molar-refractivity contribution in [3.05, 3.63) is 47.8 Å². The number of pyridine rings is 1. The molecule has 1 aliphatic carbocycles. The van der Waals surface area contributed by atoms with Gasteiger partial charge in [-0.3, -0.25) is 39.4 Å². The fourth-order valence-corrected chi connectivity index (χ4v) is 12.5. The van der Waals surface area contributed by atoms with E-state index in [2.05, 4.69) is 94.2 Å². The highest BCUT2D eigenvalue weighted by Crippen LogP contribution is 2.45. The third-order valence-corrected chi connectivity index (χ3v) is 16.4. The molecule has 6 aliphatic heterocycles. The van der Waals surface area contributed by atoms with E-state index in [1.54, 1.807) is 7.11 Å². The molecule has 8 heterocycles. The highest BCUT2D eigenvalue weighted by atomic mass is 16.5. The number of hydrazine groups is 1. The van der Waals surface area contributed by atoms with E-state index >= 15 is 0 Å². The molecule has 1 saturated carbocycles. The Morgan fingerprint density at radius 1 is 1.03 bits per heavy atom. The minimum absolute atomic E-state index is 0.0297. The molecule has 2 aromatic heterocycles. The van der Waals surface area contributed by atoms with Gasteiger partial charge < -0.3 is 33.9 Å². The van der Waals surface area contributed by atoms with Crippen molar-refractivity contribution < 1.29 is 33.4 Å². The summed E-state index contributed by atoms with van der Waals surface area (Å²) in [6, 6.07) is 9.02. The molecule has 374 valence electrons. The van der Waals surface area contributed by atoms with Crippen LogP contribution in [0.1, 0.15) is 104 Å². The Morgan fingerprint density at radius 2 is 1.84 bits per heavy atom. The average Bonchev–Trinajstić information content (AvgIpc) is 4.25. The SMILES string of the molecule is CCn1c(-c2cccnc2[C@H](C)OC)c2c3cc(ccc31)N1CCO[C@@H](C[C@H](NC(=O)C(C(C)C)N3CC[C@]4(CCN(C(=O)[C@@H]5NC5C5CC5)C4)C3)C(=O)N3CCC[C@H](N3)C(=O)OCC(C)(C)C2)C1. The molecule has 6 fully saturated rings. The van der Waals surface area contributed by atoms with Crippen LogP contribution in [-0.2, 0) is 46.4 Å². The Hall–Kier alpha value is -4.61. The normalized spacial score (nSPS) is 29.6. The van der Waals surface area contributed by atoms with Crippen molar-refractivity contribution >= 4 is 40.3 Å². The van der Waals surface area contributed by atoms with Crippen molar-refractivity contribution in [1.29, 1.82) is 0 Å². The average molecular weight is 950 g/mol. The van der Waals surface area contributed by atoms with Crippen LogP contribution in [0.2, 0.25) is 0 Å². The summed E-state index contributed by atoms with van der Waals surface area (Å²) in [6.07, 6.45) is 7.52.